The molecule has 1 N–H and O–H groups in total. The Labute approximate surface area is 117 Å². The Bertz CT molecular complexity index is 591. The Morgan fingerprint density at radius 2 is 2.05 bits per heavy atom. The van der Waals surface area contributed by atoms with Crippen LogP contribution in [-0.2, 0) is 6.54 Å². The van der Waals surface area contributed by atoms with Gasteiger partial charge in [-0.3, -0.25) is 9.48 Å². The highest BCUT2D eigenvalue weighted by Gasteiger charge is 2.07. The van der Waals surface area contributed by atoms with Crippen LogP contribution < -0.4 is 10.1 Å². The highest BCUT2D eigenvalue weighted by atomic mass is 16.5. The number of hydrogen-bond acceptors (Lipinski definition) is 5. The molecule has 0 saturated carbocycles. The van der Waals surface area contributed by atoms with Gasteiger partial charge in [-0.15, -0.1) is 0 Å². The van der Waals surface area contributed by atoms with Crippen molar-refractivity contribution in [2.24, 2.45) is 0 Å². The molecule has 0 saturated heterocycles. The molecule has 106 valence electrons. The number of carbonyl (C=O) groups is 1. The van der Waals surface area contributed by atoms with Crippen LogP contribution >= 0.6 is 0 Å². The minimum Gasteiger partial charge on any atom is -0.467 e. The van der Waals surface area contributed by atoms with Crippen molar-refractivity contribution < 1.29 is 9.53 Å². The maximum absolute atomic E-state index is 11.9. The largest absolute Gasteiger partial charge is 0.467 e. The van der Waals surface area contributed by atoms with Crippen LogP contribution in [0.2, 0.25) is 0 Å². The molecular weight excluding hydrogens is 258 g/mol. The maximum Gasteiger partial charge on any atom is 0.316 e. The van der Waals surface area contributed by atoms with Crippen LogP contribution in [0.15, 0.2) is 18.5 Å². The molecule has 0 spiro atoms. The van der Waals surface area contributed by atoms with Gasteiger partial charge in [0.05, 0.1) is 24.9 Å². The van der Waals surface area contributed by atoms with Crippen molar-refractivity contribution in [3.8, 4) is 6.01 Å². The molecule has 0 aliphatic carbocycles. The molecular formula is C13H17N5O2. The summed E-state index contributed by atoms with van der Waals surface area (Å²) in [5, 5.41) is 7.13. The van der Waals surface area contributed by atoms with E-state index in [4.69, 9.17) is 4.74 Å². The third-order valence-corrected chi connectivity index (χ3v) is 2.79. The molecule has 0 fully saturated rings. The van der Waals surface area contributed by atoms with Crippen LogP contribution in [0.1, 0.15) is 21.7 Å². The maximum atomic E-state index is 11.9. The zero-order valence-electron chi connectivity index (χ0n) is 11.8. The number of carbonyl (C=O) groups excluding carboxylic acids is 1. The fraction of sp³-hybridized carbons (Fsp3) is 0.385. The topological polar surface area (TPSA) is 81.9 Å². The van der Waals surface area contributed by atoms with Gasteiger partial charge in [0.1, 0.15) is 0 Å². The van der Waals surface area contributed by atoms with Gasteiger partial charge in [-0.2, -0.15) is 5.10 Å². The zero-order chi connectivity index (χ0) is 14.5. The van der Waals surface area contributed by atoms with E-state index in [9.17, 15) is 4.79 Å². The number of ether oxygens (including phenoxy) is 1. The summed E-state index contributed by atoms with van der Waals surface area (Å²) in [6, 6.07) is 2.24. The molecule has 0 atom stereocenters. The molecule has 0 radical (unpaired) electrons. The van der Waals surface area contributed by atoms with Crippen LogP contribution in [0.5, 0.6) is 6.01 Å². The van der Waals surface area contributed by atoms with E-state index < -0.39 is 0 Å². The van der Waals surface area contributed by atoms with Crippen molar-refractivity contribution in [3.05, 3.63) is 35.4 Å². The second kappa shape index (κ2) is 6.14. The molecule has 0 aliphatic rings. The second-order valence-electron chi connectivity index (χ2n) is 4.36. The van der Waals surface area contributed by atoms with E-state index in [0.717, 1.165) is 11.4 Å². The summed E-state index contributed by atoms with van der Waals surface area (Å²) in [7, 11) is 1.48. The molecule has 0 aromatic carbocycles. The smallest absolute Gasteiger partial charge is 0.316 e. The minimum atomic E-state index is -0.214. The SMILES string of the molecule is COc1ncc(C(=O)NCCn2nc(C)cc2C)cn1. The number of rotatable bonds is 5. The highest BCUT2D eigenvalue weighted by Crippen LogP contribution is 2.02. The number of nitrogens with zero attached hydrogens (tertiary/aromatic N) is 4. The molecule has 0 unspecified atom stereocenters. The summed E-state index contributed by atoms with van der Waals surface area (Å²) in [5.41, 5.74) is 2.45. The second-order valence-corrected chi connectivity index (χ2v) is 4.36. The van der Waals surface area contributed by atoms with Crippen molar-refractivity contribution in [3.63, 3.8) is 0 Å². The number of nitrogens with one attached hydrogen (secondary N) is 1. The number of aryl methyl sites for hydroxylation is 2. The van der Waals surface area contributed by atoms with Crippen molar-refractivity contribution >= 4 is 5.91 Å². The van der Waals surface area contributed by atoms with Crippen molar-refractivity contribution in [1.82, 2.24) is 25.1 Å². The van der Waals surface area contributed by atoms with Gasteiger partial charge in [0, 0.05) is 24.6 Å². The van der Waals surface area contributed by atoms with Crippen LogP contribution in [-0.4, -0.2) is 39.3 Å². The first-order chi connectivity index (χ1) is 9.60. The third-order valence-electron chi connectivity index (χ3n) is 2.79. The molecule has 7 nitrogen and oxygen atoms in total. The predicted molar refractivity (Wildman–Crippen MR) is 72.6 cm³/mol. The summed E-state index contributed by atoms with van der Waals surface area (Å²) < 4.78 is 6.70. The molecule has 2 heterocycles. The lowest BCUT2D eigenvalue weighted by atomic mass is 10.3. The Hall–Kier alpha value is -2.44. The van der Waals surface area contributed by atoms with Crippen LogP contribution in [0, 0.1) is 13.8 Å². The number of aromatic nitrogens is 4. The predicted octanol–water partition coefficient (Wildman–Crippen LogP) is 0.729. The Morgan fingerprint density at radius 1 is 1.35 bits per heavy atom. The van der Waals surface area contributed by atoms with E-state index >= 15 is 0 Å². The Kier molecular flexibility index (Phi) is 4.29. The van der Waals surface area contributed by atoms with E-state index in [1.807, 2.05) is 24.6 Å². The molecule has 1 amide bonds. The van der Waals surface area contributed by atoms with E-state index in [0.29, 0.717) is 18.7 Å². The molecule has 7 heteroatoms. The average Bonchev–Trinajstić information content (AvgIpc) is 2.77. The molecule has 2 rings (SSSR count). The molecule has 2 aromatic rings. The average molecular weight is 275 g/mol. The Balaban J connectivity index is 1.87. The van der Waals surface area contributed by atoms with Gasteiger partial charge in [-0.1, -0.05) is 0 Å². The van der Waals surface area contributed by atoms with E-state index in [1.54, 1.807) is 0 Å². The quantitative estimate of drug-likeness (QED) is 0.869. The normalized spacial score (nSPS) is 10.3. The van der Waals surface area contributed by atoms with Crippen LogP contribution in [0.25, 0.3) is 0 Å². The molecule has 2 aromatic heterocycles. The van der Waals surface area contributed by atoms with Gasteiger partial charge >= 0.3 is 6.01 Å². The lowest BCUT2D eigenvalue weighted by Crippen LogP contribution is -2.28. The van der Waals surface area contributed by atoms with Crippen molar-refractivity contribution in [2.45, 2.75) is 20.4 Å². The molecule has 0 aliphatic heterocycles. The summed E-state index contributed by atoms with van der Waals surface area (Å²) >= 11 is 0. The fourth-order valence-electron chi connectivity index (χ4n) is 1.82. The fourth-order valence-corrected chi connectivity index (χ4v) is 1.82. The lowest BCUT2D eigenvalue weighted by molar-refractivity contribution is 0.0951. The van der Waals surface area contributed by atoms with E-state index in [2.05, 4.69) is 20.4 Å². The first-order valence-corrected chi connectivity index (χ1v) is 6.25. The molecule has 20 heavy (non-hydrogen) atoms. The third kappa shape index (κ3) is 3.31. The number of methoxy groups -OCH3 is 1. The van der Waals surface area contributed by atoms with Crippen LogP contribution in [0.3, 0.4) is 0 Å². The molecule has 0 bridgehead atoms. The zero-order valence-corrected chi connectivity index (χ0v) is 11.8. The first kappa shape index (κ1) is 14.0. The van der Waals surface area contributed by atoms with Gasteiger partial charge in [0.25, 0.3) is 5.91 Å². The lowest BCUT2D eigenvalue weighted by Gasteiger charge is -2.06. The first-order valence-electron chi connectivity index (χ1n) is 6.25. The van der Waals surface area contributed by atoms with Gasteiger partial charge in [0.15, 0.2) is 0 Å². The van der Waals surface area contributed by atoms with Crippen LogP contribution in [0.4, 0.5) is 0 Å². The number of hydrogen-bond donors (Lipinski definition) is 1. The summed E-state index contributed by atoms with van der Waals surface area (Å²) in [5.74, 6) is -0.214. The highest BCUT2D eigenvalue weighted by molar-refractivity contribution is 5.93. The Morgan fingerprint density at radius 3 is 2.60 bits per heavy atom. The summed E-state index contributed by atoms with van der Waals surface area (Å²) in [4.78, 5) is 19.6. The van der Waals surface area contributed by atoms with Gasteiger partial charge < -0.3 is 10.1 Å². The van der Waals surface area contributed by atoms with Crippen molar-refractivity contribution in [2.75, 3.05) is 13.7 Å². The van der Waals surface area contributed by atoms with Gasteiger partial charge in [-0.05, 0) is 19.9 Å². The van der Waals surface area contributed by atoms with E-state index in [-0.39, 0.29) is 11.9 Å². The summed E-state index contributed by atoms with van der Waals surface area (Å²) in [6.45, 7) is 5.05. The van der Waals surface area contributed by atoms with Gasteiger partial charge in [-0.25, -0.2) is 9.97 Å². The van der Waals surface area contributed by atoms with E-state index in [1.165, 1.54) is 19.5 Å². The number of amides is 1. The standard InChI is InChI=1S/C13H17N5O2/c1-9-6-10(2)18(17-9)5-4-14-12(19)11-7-15-13(20-3)16-8-11/h6-8H,4-5H2,1-3H3,(H,14,19). The monoisotopic (exact) mass is 275 g/mol. The summed E-state index contributed by atoms with van der Waals surface area (Å²) in [6.07, 6.45) is 2.87. The van der Waals surface area contributed by atoms with Gasteiger partial charge in [0.2, 0.25) is 0 Å². The van der Waals surface area contributed by atoms with Crippen molar-refractivity contribution in [1.29, 1.82) is 0 Å². The minimum absolute atomic E-state index is 0.214.